The number of nitrogens with zero attached hydrogens (tertiary/aromatic N) is 1. The molecule has 2 aromatic heterocycles. The van der Waals surface area contributed by atoms with Crippen molar-refractivity contribution in [2.24, 2.45) is 0 Å². The van der Waals surface area contributed by atoms with Crippen LogP contribution in [0.5, 0.6) is 5.75 Å². The number of amides is 1. The van der Waals surface area contributed by atoms with E-state index in [0.29, 0.717) is 18.2 Å². The normalized spacial score (nSPS) is 10.6. The molecule has 0 fully saturated rings. The molecule has 124 valence electrons. The number of rotatable bonds is 6. The largest absolute Gasteiger partial charge is 0.494 e. The van der Waals surface area contributed by atoms with Crippen LogP contribution in [0.4, 0.5) is 5.13 Å². The molecule has 1 amide bonds. The number of nitrogens with one attached hydrogen (secondary N) is 1. The number of ether oxygens (including phenoxy) is 1. The van der Waals surface area contributed by atoms with Crippen molar-refractivity contribution in [3.63, 3.8) is 0 Å². The zero-order valence-corrected chi connectivity index (χ0v) is 15.3. The van der Waals surface area contributed by atoms with E-state index in [9.17, 15) is 4.79 Å². The van der Waals surface area contributed by atoms with Crippen LogP contribution in [0, 0.1) is 0 Å². The molecule has 4 nitrogen and oxygen atoms in total. The molecular weight excluding hydrogens is 364 g/mol. The number of aromatic nitrogens is 1. The summed E-state index contributed by atoms with van der Waals surface area (Å²) in [6, 6.07) is 11.3. The van der Waals surface area contributed by atoms with Crippen molar-refractivity contribution < 1.29 is 9.53 Å². The van der Waals surface area contributed by atoms with Crippen molar-refractivity contribution in [1.29, 1.82) is 0 Å². The Balaban J connectivity index is 1.59. The third-order valence-electron chi connectivity index (χ3n) is 3.18. The number of hydrogen-bond donors (Lipinski definition) is 1. The molecule has 0 aliphatic carbocycles. The van der Waals surface area contributed by atoms with E-state index in [1.54, 1.807) is 0 Å². The summed E-state index contributed by atoms with van der Waals surface area (Å²) in [6.45, 7) is 2.56. The van der Waals surface area contributed by atoms with Gasteiger partial charge < -0.3 is 10.1 Å². The van der Waals surface area contributed by atoms with Crippen molar-refractivity contribution in [1.82, 2.24) is 4.98 Å². The number of carbonyl (C=O) groups excluding carboxylic acids is 1. The smallest absolute Gasteiger partial charge is 0.230 e. The van der Waals surface area contributed by atoms with Gasteiger partial charge in [-0.25, -0.2) is 4.98 Å². The second-order valence-electron chi connectivity index (χ2n) is 4.94. The number of carbonyl (C=O) groups is 1. The van der Waals surface area contributed by atoms with Gasteiger partial charge in [-0.2, -0.15) is 0 Å². The molecule has 0 saturated heterocycles. The summed E-state index contributed by atoms with van der Waals surface area (Å²) in [5.41, 5.74) is 1.76. The van der Waals surface area contributed by atoms with Crippen LogP contribution < -0.4 is 10.1 Å². The lowest BCUT2D eigenvalue weighted by Gasteiger charge is -2.05. The summed E-state index contributed by atoms with van der Waals surface area (Å²) in [5.74, 6) is 0.713. The first-order valence-electron chi connectivity index (χ1n) is 7.37. The van der Waals surface area contributed by atoms with Crippen LogP contribution in [0.1, 0.15) is 12.5 Å². The summed E-state index contributed by atoms with van der Waals surface area (Å²) in [6.07, 6.45) is 0.298. The Morgan fingerprint density at radius 3 is 2.71 bits per heavy atom. The highest BCUT2D eigenvalue weighted by Gasteiger charge is 2.10. The lowest BCUT2D eigenvalue weighted by molar-refractivity contribution is -0.115. The average Bonchev–Trinajstić information content (AvgIpc) is 3.18. The minimum atomic E-state index is -0.0933. The Bertz CT molecular complexity index is 827. The maximum atomic E-state index is 12.1. The Hall–Kier alpha value is -1.89. The average molecular weight is 379 g/mol. The lowest BCUT2D eigenvalue weighted by atomic mass is 10.1. The highest BCUT2D eigenvalue weighted by Crippen LogP contribution is 2.32. The Kier molecular flexibility index (Phi) is 5.50. The van der Waals surface area contributed by atoms with E-state index in [2.05, 4.69) is 10.3 Å². The molecule has 0 atom stereocenters. The molecule has 0 aliphatic rings. The molecule has 24 heavy (non-hydrogen) atoms. The van der Waals surface area contributed by atoms with Crippen LogP contribution >= 0.6 is 34.3 Å². The van der Waals surface area contributed by atoms with Gasteiger partial charge in [0.05, 0.1) is 27.9 Å². The van der Waals surface area contributed by atoms with Crippen LogP contribution in [0.2, 0.25) is 4.34 Å². The fraction of sp³-hybridized carbons (Fsp3) is 0.176. The van der Waals surface area contributed by atoms with Gasteiger partial charge in [-0.15, -0.1) is 22.7 Å². The van der Waals surface area contributed by atoms with E-state index in [1.807, 2.05) is 48.7 Å². The van der Waals surface area contributed by atoms with Crippen molar-refractivity contribution in [3.05, 3.63) is 51.7 Å². The van der Waals surface area contributed by atoms with E-state index in [0.717, 1.165) is 26.2 Å². The van der Waals surface area contributed by atoms with Crippen molar-refractivity contribution in [2.75, 3.05) is 11.9 Å². The molecule has 0 radical (unpaired) electrons. The highest BCUT2D eigenvalue weighted by atomic mass is 35.5. The Labute approximate surface area is 153 Å². The molecule has 0 spiro atoms. The van der Waals surface area contributed by atoms with Crippen molar-refractivity contribution in [3.8, 4) is 16.3 Å². The van der Waals surface area contributed by atoms with Crippen LogP contribution in [0.3, 0.4) is 0 Å². The van der Waals surface area contributed by atoms with E-state index in [1.165, 1.54) is 22.7 Å². The van der Waals surface area contributed by atoms with Gasteiger partial charge in [-0.1, -0.05) is 23.7 Å². The molecule has 0 saturated carbocycles. The quantitative estimate of drug-likeness (QED) is 0.648. The van der Waals surface area contributed by atoms with Crippen LogP contribution in [0.15, 0.2) is 41.8 Å². The topological polar surface area (TPSA) is 51.2 Å². The van der Waals surface area contributed by atoms with Gasteiger partial charge in [0.1, 0.15) is 5.75 Å². The first-order valence-corrected chi connectivity index (χ1v) is 9.44. The van der Waals surface area contributed by atoms with Gasteiger partial charge in [0, 0.05) is 5.38 Å². The minimum Gasteiger partial charge on any atom is -0.494 e. The summed E-state index contributed by atoms with van der Waals surface area (Å²) >= 11 is 8.81. The highest BCUT2D eigenvalue weighted by molar-refractivity contribution is 7.20. The number of anilines is 1. The molecule has 3 rings (SSSR count). The Morgan fingerprint density at radius 1 is 1.25 bits per heavy atom. The maximum Gasteiger partial charge on any atom is 0.230 e. The molecule has 1 aromatic carbocycles. The molecule has 0 aliphatic heterocycles. The van der Waals surface area contributed by atoms with Gasteiger partial charge in [0.25, 0.3) is 0 Å². The SMILES string of the molecule is CCOc1ccc(CC(=O)Nc2nc(-c3ccc(Cl)s3)cs2)cc1. The second kappa shape index (κ2) is 7.79. The van der Waals surface area contributed by atoms with Gasteiger partial charge in [-0.3, -0.25) is 4.79 Å². The first-order chi connectivity index (χ1) is 11.6. The van der Waals surface area contributed by atoms with Gasteiger partial charge >= 0.3 is 0 Å². The number of thiophene rings is 1. The summed E-state index contributed by atoms with van der Waals surface area (Å²) in [7, 11) is 0. The number of benzene rings is 1. The van der Waals surface area contributed by atoms with Crippen molar-refractivity contribution >= 4 is 45.3 Å². The van der Waals surface area contributed by atoms with Crippen molar-refractivity contribution in [2.45, 2.75) is 13.3 Å². The van der Waals surface area contributed by atoms with Gasteiger partial charge in [-0.05, 0) is 36.8 Å². The van der Waals surface area contributed by atoms with E-state index in [-0.39, 0.29) is 5.91 Å². The monoisotopic (exact) mass is 378 g/mol. The predicted molar refractivity (Wildman–Crippen MR) is 100 cm³/mol. The summed E-state index contributed by atoms with van der Waals surface area (Å²) < 4.78 is 6.11. The van der Waals surface area contributed by atoms with E-state index in [4.69, 9.17) is 16.3 Å². The van der Waals surface area contributed by atoms with Crippen LogP contribution in [-0.2, 0) is 11.2 Å². The Morgan fingerprint density at radius 2 is 2.04 bits per heavy atom. The lowest BCUT2D eigenvalue weighted by Crippen LogP contribution is -2.14. The molecule has 0 unspecified atom stereocenters. The molecule has 1 N–H and O–H groups in total. The number of hydrogen-bond acceptors (Lipinski definition) is 5. The van der Waals surface area contributed by atoms with Gasteiger partial charge in [0.15, 0.2) is 5.13 Å². The molecule has 7 heteroatoms. The van der Waals surface area contributed by atoms with Crippen LogP contribution in [-0.4, -0.2) is 17.5 Å². The fourth-order valence-electron chi connectivity index (χ4n) is 2.12. The minimum absolute atomic E-state index is 0.0933. The summed E-state index contributed by atoms with van der Waals surface area (Å²) in [5, 5.41) is 5.34. The number of thiazole rings is 1. The van der Waals surface area contributed by atoms with Gasteiger partial charge in [0.2, 0.25) is 5.91 Å². The first kappa shape index (κ1) is 17.0. The maximum absolute atomic E-state index is 12.1. The molecule has 3 aromatic rings. The van der Waals surface area contributed by atoms with E-state index >= 15 is 0 Å². The predicted octanol–water partition coefficient (Wildman–Crippen LogP) is 5.10. The molecule has 2 heterocycles. The third-order valence-corrected chi connectivity index (χ3v) is 5.19. The third kappa shape index (κ3) is 4.35. The molecule has 0 bridgehead atoms. The summed E-state index contributed by atoms with van der Waals surface area (Å²) in [4.78, 5) is 17.6. The zero-order valence-electron chi connectivity index (χ0n) is 12.9. The molecular formula is C17H15ClN2O2S2. The standard InChI is InChI=1S/C17H15ClN2O2S2/c1-2-22-12-5-3-11(4-6-12)9-16(21)20-17-19-13(10-23-17)14-7-8-15(18)24-14/h3-8,10H,2,9H2,1H3,(H,19,20,21). The van der Waals surface area contributed by atoms with Crippen LogP contribution in [0.25, 0.3) is 10.6 Å². The number of halogens is 1. The van der Waals surface area contributed by atoms with E-state index < -0.39 is 0 Å². The second-order valence-corrected chi connectivity index (χ2v) is 7.52. The fourth-order valence-corrected chi connectivity index (χ4v) is 3.92. The zero-order chi connectivity index (χ0) is 16.9.